The molecule has 0 bridgehead atoms. The van der Waals surface area contributed by atoms with Crippen LogP contribution in [0.2, 0.25) is 0 Å². The van der Waals surface area contributed by atoms with Gasteiger partial charge in [0.25, 0.3) is 0 Å². The predicted molar refractivity (Wildman–Crippen MR) is 97.3 cm³/mol. The number of hydrogen-bond acceptors (Lipinski definition) is 5. The maximum absolute atomic E-state index is 12.1. The summed E-state index contributed by atoms with van der Waals surface area (Å²) in [6, 6.07) is 10.5. The highest BCUT2D eigenvalue weighted by atomic mass is 32.2. The lowest BCUT2D eigenvalue weighted by Crippen LogP contribution is -2.44. The lowest BCUT2D eigenvalue weighted by Gasteiger charge is -2.32. The Morgan fingerprint density at radius 2 is 2.09 bits per heavy atom. The third-order valence-corrected chi connectivity index (χ3v) is 5.74. The van der Waals surface area contributed by atoms with E-state index in [4.69, 9.17) is 0 Å². The van der Waals surface area contributed by atoms with Crippen LogP contribution < -0.4 is 10.2 Å². The Bertz CT molecular complexity index is 596. The summed E-state index contributed by atoms with van der Waals surface area (Å²) in [5, 5.41) is 6.27. The zero-order chi connectivity index (χ0) is 15.9. The molecule has 3 rings (SSSR count). The highest BCUT2D eigenvalue weighted by Gasteiger charge is 2.21. The van der Waals surface area contributed by atoms with Crippen LogP contribution in [-0.4, -0.2) is 35.8 Å². The maximum Gasteiger partial charge on any atom is 0.221 e. The molecule has 0 saturated carbocycles. The molecule has 0 spiro atoms. The van der Waals surface area contributed by atoms with Crippen molar-refractivity contribution in [1.82, 2.24) is 10.3 Å². The van der Waals surface area contributed by atoms with E-state index in [-0.39, 0.29) is 5.91 Å². The number of hydrogen-bond donors (Lipinski definition) is 1. The Balaban J connectivity index is 1.34. The molecule has 0 unspecified atom stereocenters. The molecule has 0 atom stereocenters. The van der Waals surface area contributed by atoms with Crippen molar-refractivity contribution in [2.45, 2.75) is 30.2 Å². The molecule has 0 aliphatic carbocycles. The SMILES string of the molecule is O=C(CCSc1ccccc1)NC1CCN(c2nccs2)CC1. The molecular formula is C17H21N3OS2. The van der Waals surface area contributed by atoms with Gasteiger partial charge in [0.15, 0.2) is 5.13 Å². The van der Waals surface area contributed by atoms with E-state index in [1.54, 1.807) is 23.1 Å². The summed E-state index contributed by atoms with van der Waals surface area (Å²) in [5.74, 6) is 0.995. The standard InChI is InChI=1S/C17H21N3OS2/c21-16(8-12-22-15-4-2-1-3-5-15)19-14-6-10-20(11-7-14)17-18-9-13-23-17/h1-5,9,13-14H,6-8,10-12H2,(H,19,21). The van der Waals surface area contributed by atoms with Crippen LogP contribution in [0.25, 0.3) is 0 Å². The Labute approximate surface area is 145 Å². The fourth-order valence-electron chi connectivity index (χ4n) is 2.67. The Kier molecular flexibility index (Phi) is 5.93. The third-order valence-electron chi connectivity index (χ3n) is 3.89. The van der Waals surface area contributed by atoms with E-state index in [2.05, 4.69) is 27.3 Å². The summed E-state index contributed by atoms with van der Waals surface area (Å²) in [4.78, 5) is 19.9. The van der Waals surface area contributed by atoms with Gasteiger partial charge in [-0.05, 0) is 25.0 Å². The van der Waals surface area contributed by atoms with Gasteiger partial charge in [-0.3, -0.25) is 4.79 Å². The van der Waals surface area contributed by atoms with Gasteiger partial charge < -0.3 is 10.2 Å². The minimum absolute atomic E-state index is 0.168. The quantitative estimate of drug-likeness (QED) is 0.814. The first kappa shape index (κ1) is 16.3. The van der Waals surface area contributed by atoms with Crippen LogP contribution in [0, 0.1) is 0 Å². The van der Waals surface area contributed by atoms with E-state index in [1.165, 1.54) is 4.90 Å². The molecule has 6 heteroatoms. The van der Waals surface area contributed by atoms with Crippen molar-refractivity contribution >= 4 is 34.1 Å². The molecule has 1 N–H and O–H groups in total. The van der Waals surface area contributed by atoms with Crippen LogP contribution >= 0.6 is 23.1 Å². The normalized spacial score (nSPS) is 15.6. The maximum atomic E-state index is 12.1. The molecule has 122 valence electrons. The van der Waals surface area contributed by atoms with Crippen molar-refractivity contribution in [1.29, 1.82) is 0 Å². The van der Waals surface area contributed by atoms with Gasteiger partial charge in [0.1, 0.15) is 0 Å². The summed E-state index contributed by atoms with van der Waals surface area (Å²) in [6.07, 6.45) is 4.42. The molecular weight excluding hydrogens is 326 g/mol. The van der Waals surface area contributed by atoms with E-state index < -0.39 is 0 Å². The number of nitrogens with zero attached hydrogens (tertiary/aromatic N) is 2. The van der Waals surface area contributed by atoms with Gasteiger partial charge in [-0.15, -0.1) is 23.1 Å². The van der Waals surface area contributed by atoms with Crippen LogP contribution in [-0.2, 0) is 4.79 Å². The summed E-state index contributed by atoms with van der Waals surface area (Å²) in [6.45, 7) is 1.94. The average Bonchev–Trinajstić information content (AvgIpc) is 3.11. The molecule has 1 amide bonds. The number of benzene rings is 1. The Morgan fingerprint density at radius 1 is 1.30 bits per heavy atom. The van der Waals surface area contributed by atoms with Crippen molar-refractivity contribution in [3.8, 4) is 0 Å². The smallest absolute Gasteiger partial charge is 0.221 e. The largest absolute Gasteiger partial charge is 0.353 e. The minimum atomic E-state index is 0.168. The summed E-state index contributed by atoms with van der Waals surface area (Å²) < 4.78 is 0. The minimum Gasteiger partial charge on any atom is -0.353 e. The predicted octanol–water partition coefficient (Wildman–Crippen LogP) is 3.41. The van der Waals surface area contributed by atoms with Gasteiger partial charge in [0.2, 0.25) is 5.91 Å². The van der Waals surface area contributed by atoms with Gasteiger partial charge in [0, 0.05) is 47.8 Å². The first-order valence-corrected chi connectivity index (χ1v) is 9.79. The molecule has 2 heterocycles. The number of carbonyl (C=O) groups excluding carboxylic acids is 1. The Morgan fingerprint density at radius 3 is 2.78 bits per heavy atom. The zero-order valence-electron chi connectivity index (χ0n) is 13.0. The number of thioether (sulfide) groups is 1. The molecule has 1 aromatic heterocycles. The van der Waals surface area contributed by atoms with E-state index >= 15 is 0 Å². The zero-order valence-corrected chi connectivity index (χ0v) is 14.6. The summed E-state index contributed by atoms with van der Waals surface area (Å²) in [5.41, 5.74) is 0. The number of piperidine rings is 1. The van der Waals surface area contributed by atoms with E-state index in [9.17, 15) is 4.79 Å². The average molecular weight is 348 g/mol. The third kappa shape index (κ3) is 4.97. The monoisotopic (exact) mass is 347 g/mol. The van der Waals surface area contributed by atoms with Gasteiger partial charge in [-0.2, -0.15) is 0 Å². The Hall–Kier alpha value is -1.53. The fourth-order valence-corrected chi connectivity index (χ4v) is 4.23. The van der Waals surface area contributed by atoms with Crippen molar-refractivity contribution < 1.29 is 4.79 Å². The van der Waals surface area contributed by atoms with Gasteiger partial charge in [-0.25, -0.2) is 4.98 Å². The van der Waals surface area contributed by atoms with Crippen LogP contribution in [0.3, 0.4) is 0 Å². The lowest BCUT2D eigenvalue weighted by molar-refractivity contribution is -0.121. The summed E-state index contributed by atoms with van der Waals surface area (Å²) in [7, 11) is 0. The molecule has 0 radical (unpaired) electrons. The molecule has 1 aliphatic heterocycles. The van der Waals surface area contributed by atoms with Crippen molar-refractivity contribution in [2.24, 2.45) is 0 Å². The molecule has 1 aromatic carbocycles. The molecule has 2 aromatic rings. The highest BCUT2D eigenvalue weighted by Crippen LogP contribution is 2.22. The molecule has 1 saturated heterocycles. The van der Waals surface area contributed by atoms with Crippen LogP contribution in [0.4, 0.5) is 5.13 Å². The van der Waals surface area contributed by atoms with Gasteiger partial charge in [0.05, 0.1) is 0 Å². The number of rotatable bonds is 6. The van der Waals surface area contributed by atoms with Crippen molar-refractivity contribution in [2.75, 3.05) is 23.7 Å². The first-order chi connectivity index (χ1) is 11.3. The van der Waals surface area contributed by atoms with Crippen LogP contribution in [0.15, 0.2) is 46.8 Å². The second kappa shape index (κ2) is 8.36. The second-order valence-electron chi connectivity index (χ2n) is 5.56. The fraction of sp³-hybridized carbons (Fsp3) is 0.412. The number of amides is 1. The number of aromatic nitrogens is 1. The molecule has 4 nitrogen and oxygen atoms in total. The highest BCUT2D eigenvalue weighted by molar-refractivity contribution is 7.99. The molecule has 1 aliphatic rings. The first-order valence-electron chi connectivity index (χ1n) is 7.93. The van der Waals surface area contributed by atoms with E-state index in [0.717, 1.165) is 36.8 Å². The van der Waals surface area contributed by atoms with Crippen molar-refractivity contribution in [3.05, 3.63) is 41.9 Å². The van der Waals surface area contributed by atoms with Crippen LogP contribution in [0.5, 0.6) is 0 Å². The van der Waals surface area contributed by atoms with Crippen molar-refractivity contribution in [3.63, 3.8) is 0 Å². The van der Waals surface area contributed by atoms with Gasteiger partial charge in [-0.1, -0.05) is 18.2 Å². The van der Waals surface area contributed by atoms with Crippen LogP contribution in [0.1, 0.15) is 19.3 Å². The molecule has 1 fully saturated rings. The number of carbonyl (C=O) groups is 1. The van der Waals surface area contributed by atoms with E-state index in [1.807, 2.05) is 29.8 Å². The number of nitrogens with one attached hydrogen (secondary N) is 1. The summed E-state index contributed by atoms with van der Waals surface area (Å²) >= 11 is 3.41. The number of anilines is 1. The van der Waals surface area contributed by atoms with Gasteiger partial charge >= 0.3 is 0 Å². The second-order valence-corrected chi connectivity index (χ2v) is 7.60. The lowest BCUT2D eigenvalue weighted by atomic mass is 10.1. The topological polar surface area (TPSA) is 45.2 Å². The number of thiazole rings is 1. The molecule has 23 heavy (non-hydrogen) atoms. The van der Waals surface area contributed by atoms with E-state index in [0.29, 0.717) is 12.5 Å².